The minimum Gasteiger partial charge on any atom is -0.276 e. The first kappa shape index (κ1) is 18.5. The van der Waals surface area contributed by atoms with Gasteiger partial charge in [-0.05, 0) is 45.3 Å². The Hall–Kier alpha value is -4.22. The molecule has 0 radical (unpaired) electrons. The molecule has 0 saturated heterocycles. The number of hydrazine groups is 1. The highest BCUT2D eigenvalue weighted by Crippen LogP contribution is 2.45. The lowest BCUT2D eigenvalue weighted by molar-refractivity contribution is -0.384. The number of hydrogen-bond donors (Lipinski definition) is 1. The maximum atomic E-state index is 12.1. The second-order valence-corrected chi connectivity index (χ2v) is 7.91. The predicted octanol–water partition coefficient (Wildman–Crippen LogP) is 6.72. The largest absolute Gasteiger partial charge is 0.277 e. The molecule has 5 nitrogen and oxygen atoms in total. The fourth-order valence-corrected chi connectivity index (χ4v) is 4.77. The number of rotatable bonds is 3. The predicted molar refractivity (Wildman–Crippen MR) is 129 cm³/mol. The zero-order valence-electron chi connectivity index (χ0n) is 17.2. The summed E-state index contributed by atoms with van der Waals surface area (Å²) in [6, 6.07) is 31.9. The highest BCUT2D eigenvalue weighted by atomic mass is 16.6. The molecule has 5 aromatic rings. The van der Waals surface area contributed by atoms with Gasteiger partial charge in [0.05, 0.1) is 21.9 Å². The Morgan fingerprint density at radius 2 is 1.53 bits per heavy atom. The SMILES string of the molecule is O=[N+]([O-])c1ccc2c(c1-c1cccc3c1ccc1ccccc13)CNN2c1ccccc1. The van der Waals surface area contributed by atoms with E-state index in [-0.39, 0.29) is 10.6 Å². The lowest BCUT2D eigenvalue weighted by Gasteiger charge is -2.19. The van der Waals surface area contributed by atoms with Crippen LogP contribution in [-0.2, 0) is 6.54 Å². The van der Waals surface area contributed by atoms with Gasteiger partial charge in [-0.3, -0.25) is 15.1 Å². The standard InChI is InChI=1S/C27H19N3O2/c31-30(32)26-16-15-25-24(17-28-29(25)19-8-2-1-3-9-19)27(26)23-12-6-11-21-20-10-5-4-7-18(20)13-14-22(21)23/h1-16,28H,17H2. The Bertz CT molecular complexity index is 1510. The number of nitrogens with zero attached hydrogens (tertiary/aromatic N) is 2. The summed E-state index contributed by atoms with van der Waals surface area (Å²) in [5.41, 5.74) is 7.96. The molecule has 0 amide bonds. The Morgan fingerprint density at radius 3 is 2.38 bits per heavy atom. The summed E-state index contributed by atoms with van der Waals surface area (Å²) in [5, 5.41) is 18.5. The summed E-state index contributed by atoms with van der Waals surface area (Å²) in [7, 11) is 0. The van der Waals surface area contributed by atoms with Crippen LogP contribution in [0.3, 0.4) is 0 Å². The normalized spacial score (nSPS) is 12.9. The molecule has 5 heteroatoms. The summed E-state index contributed by atoms with van der Waals surface area (Å²) in [6.45, 7) is 0.519. The smallest absolute Gasteiger partial charge is 0.276 e. The minimum atomic E-state index is -0.277. The van der Waals surface area contributed by atoms with Gasteiger partial charge in [-0.15, -0.1) is 0 Å². The van der Waals surface area contributed by atoms with Crippen LogP contribution in [0.2, 0.25) is 0 Å². The summed E-state index contributed by atoms with van der Waals surface area (Å²) in [4.78, 5) is 11.8. The molecule has 1 heterocycles. The molecule has 32 heavy (non-hydrogen) atoms. The summed E-state index contributed by atoms with van der Waals surface area (Å²) >= 11 is 0. The van der Waals surface area contributed by atoms with E-state index in [1.165, 1.54) is 0 Å². The van der Waals surface area contributed by atoms with Gasteiger partial charge in [0.15, 0.2) is 0 Å². The van der Waals surface area contributed by atoms with E-state index in [9.17, 15) is 10.1 Å². The van der Waals surface area contributed by atoms with Crippen molar-refractivity contribution >= 4 is 38.6 Å². The van der Waals surface area contributed by atoms with Crippen molar-refractivity contribution in [3.05, 3.63) is 113 Å². The Balaban J connectivity index is 1.64. The van der Waals surface area contributed by atoms with Gasteiger partial charge >= 0.3 is 0 Å². The van der Waals surface area contributed by atoms with Crippen molar-refractivity contribution in [3.63, 3.8) is 0 Å². The molecule has 1 aliphatic rings. The Labute approximate surface area is 184 Å². The highest BCUT2D eigenvalue weighted by molar-refractivity contribution is 6.13. The van der Waals surface area contributed by atoms with E-state index in [2.05, 4.69) is 35.8 Å². The molecule has 0 unspecified atom stereocenters. The lowest BCUT2D eigenvalue weighted by atomic mass is 9.90. The van der Waals surface area contributed by atoms with Gasteiger partial charge < -0.3 is 0 Å². The van der Waals surface area contributed by atoms with Gasteiger partial charge in [0.2, 0.25) is 0 Å². The average molecular weight is 417 g/mol. The third kappa shape index (κ3) is 2.76. The number of nitro benzene ring substituents is 1. The molecule has 0 aromatic heterocycles. The van der Waals surface area contributed by atoms with Gasteiger partial charge in [0.1, 0.15) is 0 Å². The van der Waals surface area contributed by atoms with E-state index >= 15 is 0 Å². The molecule has 0 atom stereocenters. The summed E-state index contributed by atoms with van der Waals surface area (Å²) < 4.78 is 0. The molecule has 0 fully saturated rings. The minimum absolute atomic E-state index is 0.126. The van der Waals surface area contributed by atoms with Gasteiger partial charge in [0.25, 0.3) is 5.69 Å². The van der Waals surface area contributed by atoms with E-state index in [0.717, 1.165) is 44.0 Å². The van der Waals surface area contributed by atoms with Crippen molar-refractivity contribution in [1.29, 1.82) is 0 Å². The number of para-hydroxylation sites is 1. The van der Waals surface area contributed by atoms with Crippen LogP contribution >= 0.6 is 0 Å². The average Bonchev–Trinajstić information content (AvgIpc) is 3.28. The van der Waals surface area contributed by atoms with Gasteiger partial charge in [-0.1, -0.05) is 72.8 Å². The fraction of sp³-hybridized carbons (Fsp3) is 0.0370. The van der Waals surface area contributed by atoms with E-state index in [4.69, 9.17) is 0 Å². The third-order valence-electron chi connectivity index (χ3n) is 6.19. The van der Waals surface area contributed by atoms with Crippen molar-refractivity contribution in [1.82, 2.24) is 5.43 Å². The molecule has 1 N–H and O–H groups in total. The molecule has 5 aromatic carbocycles. The van der Waals surface area contributed by atoms with Crippen LogP contribution in [0.25, 0.3) is 32.7 Å². The van der Waals surface area contributed by atoms with Crippen LogP contribution in [0.1, 0.15) is 5.56 Å². The van der Waals surface area contributed by atoms with Crippen LogP contribution in [0, 0.1) is 10.1 Å². The molecular weight excluding hydrogens is 398 g/mol. The Morgan fingerprint density at radius 1 is 0.750 bits per heavy atom. The lowest BCUT2D eigenvalue weighted by Crippen LogP contribution is -2.26. The number of nitrogens with one attached hydrogen (secondary N) is 1. The van der Waals surface area contributed by atoms with Crippen molar-refractivity contribution in [2.75, 3.05) is 5.01 Å². The second kappa shape index (κ2) is 7.18. The van der Waals surface area contributed by atoms with Crippen molar-refractivity contribution in [3.8, 4) is 11.1 Å². The van der Waals surface area contributed by atoms with Gasteiger partial charge in [-0.25, -0.2) is 5.43 Å². The number of hydrogen-bond acceptors (Lipinski definition) is 4. The second-order valence-electron chi connectivity index (χ2n) is 7.91. The molecule has 0 spiro atoms. The molecule has 1 aliphatic heterocycles. The molecule has 0 bridgehead atoms. The van der Waals surface area contributed by atoms with Gasteiger partial charge in [0, 0.05) is 18.2 Å². The van der Waals surface area contributed by atoms with E-state index < -0.39 is 0 Å². The van der Waals surface area contributed by atoms with Gasteiger partial charge in [-0.2, -0.15) is 0 Å². The van der Waals surface area contributed by atoms with Crippen LogP contribution < -0.4 is 10.4 Å². The zero-order chi connectivity index (χ0) is 21.7. The van der Waals surface area contributed by atoms with Crippen molar-refractivity contribution in [2.45, 2.75) is 6.54 Å². The van der Waals surface area contributed by atoms with Crippen LogP contribution in [0.4, 0.5) is 17.1 Å². The molecule has 0 saturated carbocycles. The molecule has 6 rings (SSSR count). The topological polar surface area (TPSA) is 58.4 Å². The molecular formula is C27H19N3O2. The molecule has 154 valence electrons. The summed E-state index contributed by atoms with van der Waals surface area (Å²) in [5.74, 6) is 0. The first-order valence-corrected chi connectivity index (χ1v) is 10.5. The monoisotopic (exact) mass is 417 g/mol. The first-order valence-electron chi connectivity index (χ1n) is 10.5. The van der Waals surface area contributed by atoms with Crippen molar-refractivity contribution < 1.29 is 4.92 Å². The van der Waals surface area contributed by atoms with E-state index in [1.807, 2.05) is 65.7 Å². The molecule has 0 aliphatic carbocycles. The summed E-state index contributed by atoms with van der Waals surface area (Å²) in [6.07, 6.45) is 0. The maximum absolute atomic E-state index is 12.1. The highest BCUT2D eigenvalue weighted by Gasteiger charge is 2.30. The first-order chi connectivity index (χ1) is 15.7. The van der Waals surface area contributed by atoms with E-state index in [0.29, 0.717) is 12.1 Å². The number of fused-ring (bicyclic) bond motifs is 4. The maximum Gasteiger partial charge on any atom is 0.277 e. The van der Waals surface area contributed by atoms with Crippen LogP contribution in [0.5, 0.6) is 0 Å². The van der Waals surface area contributed by atoms with Crippen LogP contribution in [0.15, 0.2) is 97.1 Å². The number of benzene rings is 5. The van der Waals surface area contributed by atoms with Crippen LogP contribution in [-0.4, -0.2) is 4.92 Å². The zero-order valence-corrected chi connectivity index (χ0v) is 17.2. The fourth-order valence-electron chi connectivity index (χ4n) is 4.77. The number of nitro groups is 1. The van der Waals surface area contributed by atoms with Crippen molar-refractivity contribution in [2.24, 2.45) is 0 Å². The Kier molecular flexibility index (Phi) is 4.16. The number of anilines is 2. The third-order valence-corrected chi connectivity index (χ3v) is 6.19. The quantitative estimate of drug-likeness (QED) is 0.201. The van der Waals surface area contributed by atoms with E-state index in [1.54, 1.807) is 6.07 Å².